The van der Waals surface area contributed by atoms with Gasteiger partial charge in [-0.1, -0.05) is 17.7 Å². The van der Waals surface area contributed by atoms with Crippen molar-refractivity contribution in [2.75, 3.05) is 25.0 Å². The summed E-state index contributed by atoms with van der Waals surface area (Å²) >= 11 is 6.39. The summed E-state index contributed by atoms with van der Waals surface area (Å²) in [5.41, 5.74) is 2.44. The van der Waals surface area contributed by atoms with Crippen LogP contribution in [0.3, 0.4) is 0 Å². The molecule has 1 fully saturated rings. The van der Waals surface area contributed by atoms with Crippen LogP contribution in [-0.4, -0.2) is 20.1 Å². The van der Waals surface area contributed by atoms with Crippen LogP contribution in [0.5, 0.6) is 0 Å². The van der Waals surface area contributed by atoms with Crippen LogP contribution in [0.4, 0.5) is 5.69 Å². The van der Waals surface area contributed by atoms with Gasteiger partial charge >= 0.3 is 0 Å². The molecule has 0 saturated carbocycles. The van der Waals surface area contributed by atoms with Gasteiger partial charge in [-0.15, -0.1) is 0 Å². The average molecular weight is 253 g/mol. The van der Waals surface area contributed by atoms with E-state index in [0.29, 0.717) is 6.04 Å². The van der Waals surface area contributed by atoms with Crippen molar-refractivity contribution in [3.63, 3.8) is 0 Å². The molecular weight excluding hydrogens is 232 g/mol. The van der Waals surface area contributed by atoms with Gasteiger partial charge in [0.15, 0.2) is 0 Å². The van der Waals surface area contributed by atoms with Gasteiger partial charge in [0.2, 0.25) is 0 Å². The van der Waals surface area contributed by atoms with E-state index < -0.39 is 0 Å². The number of hydrogen-bond acceptors (Lipinski definition) is 2. The number of halogens is 1. The molecule has 3 heteroatoms. The number of nitrogens with zero attached hydrogens (tertiary/aromatic N) is 1. The first-order valence-corrected chi connectivity index (χ1v) is 6.82. The van der Waals surface area contributed by atoms with Gasteiger partial charge in [-0.2, -0.15) is 0 Å². The van der Waals surface area contributed by atoms with Crippen LogP contribution in [-0.2, 0) is 0 Å². The largest absolute Gasteiger partial charge is 0.370 e. The predicted octanol–water partition coefficient (Wildman–Crippen LogP) is 3.61. The summed E-state index contributed by atoms with van der Waals surface area (Å²) in [5, 5.41) is 4.12. The van der Waals surface area contributed by atoms with Crippen molar-refractivity contribution in [2.45, 2.75) is 32.2 Å². The van der Waals surface area contributed by atoms with Crippen molar-refractivity contribution >= 4 is 17.3 Å². The van der Waals surface area contributed by atoms with Crippen LogP contribution in [0.2, 0.25) is 5.02 Å². The fourth-order valence-electron chi connectivity index (χ4n) is 2.35. The highest BCUT2D eigenvalue weighted by molar-refractivity contribution is 6.33. The lowest BCUT2D eigenvalue weighted by atomic mass is 10.1. The molecule has 2 nitrogen and oxygen atoms in total. The van der Waals surface area contributed by atoms with Gasteiger partial charge in [0.25, 0.3) is 0 Å². The molecule has 1 heterocycles. The molecule has 0 radical (unpaired) electrons. The van der Waals surface area contributed by atoms with Gasteiger partial charge in [0, 0.05) is 19.1 Å². The molecule has 1 unspecified atom stereocenters. The Labute approximate surface area is 109 Å². The first-order valence-electron chi connectivity index (χ1n) is 6.44. The van der Waals surface area contributed by atoms with E-state index >= 15 is 0 Å². The zero-order valence-corrected chi connectivity index (χ0v) is 11.4. The minimum Gasteiger partial charge on any atom is -0.370 e. The SMILES string of the molecule is CNC(C)c1ccc(N2CCCCC2)c(Cl)c1. The highest BCUT2D eigenvalue weighted by atomic mass is 35.5. The average Bonchev–Trinajstić information content (AvgIpc) is 2.38. The molecule has 1 aromatic rings. The smallest absolute Gasteiger partial charge is 0.0642 e. The van der Waals surface area contributed by atoms with Crippen molar-refractivity contribution in [1.29, 1.82) is 0 Å². The fraction of sp³-hybridized carbons (Fsp3) is 0.571. The Kier molecular flexibility index (Phi) is 4.30. The number of anilines is 1. The van der Waals surface area contributed by atoms with Crippen LogP contribution < -0.4 is 10.2 Å². The lowest BCUT2D eigenvalue weighted by Crippen LogP contribution is -2.29. The summed E-state index contributed by atoms with van der Waals surface area (Å²) in [6.07, 6.45) is 3.92. The number of hydrogen-bond donors (Lipinski definition) is 1. The normalized spacial score (nSPS) is 18.2. The first-order chi connectivity index (χ1) is 8.22. The third-order valence-corrected chi connectivity index (χ3v) is 3.90. The summed E-state index contributed by atoms with van der Waals surface area (Å²) < 4.78 is 0. The van der Waals surface area contributed by atoms with Gasteiger partial charge in [-0.05, 0) is 50.9 Å². The van der Waals surface area contributed by atoms with Gasteiger partial charge in [0.1, 0.15) is 0 Å². The number of benzene rings is 1. The third kappa shape index (κ3) is 2.93. The first kappa shape index (κ1) is 12.7. The third-order valence-electron chi connectivity index (χ3n) is 3.60. The zero-order valence-electron chi connectivity index (χ0n) is 10.7. The highest BCUT2D eigenvalue weighted by Gasteiger charge is 2.14. The van der Waals surface area contributed by atoms with Crippen LogP contribution in [0, 0.1) is 0 Å². The van der Waals surface area contributed by atoms with Gasteiger partial charge in [-0.3, -0.25) is 0 Å². The summed E-state index contributed by atoms with van der Waals surface area (Å²) in [5.74, 6) is 0. The second kappa shape index (κ2) is 5.74. The predicted molar refractivity (Wildman–Crippen MR) is 75.0 cm³/mol. The van der Waals surface area contributed by atoms with E-state index in [1.54, 1.807) is 0 Å². The van der Waals surface area contributed by atoms with E-state index in [1.807, 2.05) is 7.05 Å². The molecule has 1 N–H and O–H groups in total. The van der Waals surface area contributed by atoms with Crippen LogP contribution in [0.15, 0.2) is 18.2 Å². The maximum Gasteiger partial charge on any atom is 0.0642 e. The van der Waals surface area contributed by atoms with E-state index in [-0.39, 0.29) is 0 Å². The van der Waals surface area contributed by atoms with Crippen LogP contribution >= 0.6 is 11.6 Å². The van der Waals surface area contributed by atoms with E-state index in [9.17, 15) is 0 Å². The molecule has 1 aromatic carbocycles. The van der Waals surface area contributed by atoms with Gasteiger partial charge in [0.05, 0.1) is 10.7 Å². The van der Waals surface area contributed by atoms with Crippen molar-refractivity contribution in [3.05, 3.63) is 28.8 Å². The Bertz CT molecular complexity index is 372. The molecule has 1 atom stereocenters. The topological polar surface area (TPSA) is 15.3 Å². The quantitative estimate of drug-likeness (QED) is 0.884. The highest BCUT2D eigenvalue weighted by Crippen LogP contribution is 2.30. The fourth-order valence-corrected chi connectivity index (χ4v) is 2.66. The minimum absolute atomic E-state index is 0.350. The minimum atomic E-state index is 0.350. The molecular formula is C14H21ClN2. The molecule has 17 heavy (non-hydrogen) atoms. The Balaban J connectivity index is 2.18. The van der Waals surface area contributed by atoms with Crippen molar-refractivity contribution < 1.29 is 0 Å². The molecule has 0 amide bonds. The summed E-state index contributed by atoms with van der Waals surface area (Å²) in [6.45, 7) is 4.42. The molecule has 1 aliphatic rings. The number of nitrogens with one attached hydrogen (secondary N) is 1. The van der Waals surface area contributed by atoms with Gasteiger partial charge < -0.3 is 10.2 Å². The Morgan fingerprint density at radius 1 is 1.24 bits per heavy atom. The Morgan fingerprint density at radius 2 is 1.94 bits per heavy atom. The molecule has 2 rings (SSSR count). The van der Waals surface area contributed by atoms with Gasteiger partial charge in [-0.25, -0.2) is 0 Å². The van der Waals surface area contributed by atoms with E-state index in [2.05, 4.69) is 35.3 Å². The van der Waals surface area contributed by atoms with Crippen LogP contribution in [0.1, 0.15) is 37.8 Å². The summed E-state index contributed by atoms with van der Waals surface area (Å²) in [4.78, 5) is 2.40. The number of piperidine rings is 1. The van der Waals surface area contributed by atoms with E-state index in [1.165, 1.54) is 30.5 Å². The van der Waals surface area contributed by atoms with Crippen molar-refractivity contribution in [2.24, 2.45) is 0 Å². The maximum absolute atomic E-state index is 6.39. The molecule has 94 valence electrons. The molecule has 0 spiro atoms. The molecule has 0 aliphatic carbocycles. The lowest BCUT2D eigenvalue weighted by Gasteiger charge is -2.30. The zero-order chi connectivity index (χ0) is 12.3. The molecule has 0 aromatic heterocycles. The molecule has 1 aliphatic heterocycles. The van der Waals surface area contributed by atoms with E-state index in [0.717, 1.165) is 18.1 Å². The Morgan fingerprint density at radius 3 is 2.53 bits per heavy atom. The Hall–Kier alpha value is -0.730. The molecule has 1 saturated heterocycles. The summed E-state index contributed by atoms with van der Waals surface area (Å²) in [7, 11) is 1.97. The van der Waals surface area contributed by atoms with E-state index in [4.69, 9.17) is 11.6 Å². The monoisotopic (exact) mass is 252 g/mol. The second-order valence-electron chi connectivity index (χ2n) is 4.77. The standard InChI is InChI=1S/C14H21ClN2/c1-11(16-2)12-6-7-14(13(15)10-12)17-8-4-3-5-9-17/h6-7,10-11,16H,3-5,8-9H2,1-2H3. The second-order valence-corrected chi connectivity index (χ2v) is 5.18. The maximum atomic E-state index is 6.39. The number of rotatable bonds is 3. The lowest BCUT2D eigenvalue weighted by molar-refractivity contribution is 0.577. The van der Waals surface area contributed by atoms with Crippen molar-refractivity contribution in [3.8, 4) is 0 Å². The van der Waals surface area contributed by atoms with Crippen molar-refractivity contribution in [1.82, 2.24) is 5.32 Å². The van der Waals surface area contributed by atoms with Crippen LogP contribution in [0.25, 0.3) is 0 Å². The summed E-state index contributed by atoms with van der Waals surface area (Å²) in [6, 6.07) is 6.78. The molecule has 0 bridgehead atoms.